The highest BCUT2D eigenvalue weighted by atomic mass is 16.6. The Bertz CT molecular complexity index is 1050. The molecule has 1 N–H and O–H groups in total. The van der Waals surface area contributed by atoms with Crippen LogP contribution in [0.25, 0.3) is 0 Å². The number of para-hydroxylation sites is 2. The maximum absolute atomic E-state index is 12.5. The third-order valence-corrected chi connectivity index (χ3v) is 4.05. The second kappa shape index (κ2) is 9.46. The smallest absolute Gasteiger partial charge is 0.296 e. The molecule has 0 radical (unpaired) electrons. The van der Waals surface area contributed by atoms with E-state index in [1.54, 1.807) is 31.2 Å². The summed E-state index contributed by atoms with van der Waals surface area (Å²) in [6.07, 6.45) is 0. The predicted octanol–water partition coefficient (Wildman–Crippen LogP) is 4.43. The summed E-state index contributed by atoms with van der Waals surface area (Å²) in [6, 6.07) is 14.4. The first kappa shape index (κ1) is 20.7. The number of nitro groups is 1. The van der Waals surface area contributed by atoms with Crippen LogP contribution in [-0.4, -0.2) is 24.5 Å². The van der Waals surface area contributed by atoms with Crippen LogP contribution in [0.5, 0.6) is 17.2 Å². The van der Waals surface area contributed by atoms with E-state index in [9.17, 15) is 14.9 Å². The van der Waals surface area contributed by atoms with Gasteiger partial charge in [-0.3, -0.25) is 14.9 Å². The van der Waals surface area contributed by atoms with Crippen LogP contribution in [-0.2, 0) is 6.61 Å². The zero-order chi connectivity index (χ0) is 21.5. The minimum Gasteiger partial charge on any atom is -0.494 e. The first-order valence-corrected chi connectivity index (χ1v) is 9.09. The number of methoxy groups -OCH3 is 1. The van der Waals surface area contributed by atoms with Crippen LogP contribution in [0.15, 0.2) is 59.0 Å². The van der Waals surface area contributed by atoms with Gasteiger partial charge in [-0.15, -0.1) is 0 Å². The first-order valence-electron chi connectivity index (χ1n) is 9.09. The second-order valence-electron chi connectivity index (χ2n) is 6.03. The molecular formula is C21H20N2O7. The van der Waals surface area contributed by atoms with Gasteiger partial charge in [-0.2, -0.15) is 0 Å². The van der Waals surface area contributed by atoms with E-state index in [1.807, 2.05) is 12.1 Å². The van der Waals surface area contributed by atoms with Crippen molar-refractivity contribution in [1.29, 1.82) is 0 Å². The summed E-state index contributed by atoms with van der Waals surface area (Å²) in [5, 5.41) is 13.8. The average Bonchev–Trinajstić information content (AvgIpc) is 3.23. The van der Waals surface area contributed by atoms with E-state index in [0.717, 1.165) is 0 Å². The summed E-state index contributed by atoms with van der Waals surface area (Å²) in [4.78, 5) is 23.2. The number of rotatable bonds is 9. The molecule has 1 aromatic heterocycles. The van der Waals surface area contributed by atoms with E-state index in [0.29, 0.717) is 29.6 Å². The lowest BCUT2D eigenvalue weighted by Crippen LogP contribution is -2.12. The Morgan fingerprint density at radius 2 is 1.87 bits per heavy atom. The Morgan fingerprint density at radius 1 is 1.10 bits per heavy atom. The van der Waals surface area contributed by atoms with E-state index in [-0.39, 0.29) is 23.7 Å². The third-order valence-electron chi connectivity index (χ3n) is 4.05. The molecule has 30 heavy (non-hydrogen) atoms. The van der Waals surface area contributed by atoms with Crippen molar-refractivity contribution in [3.05, 3.63) is 76.2 Å². The SMILES string of the molecule is CCOc1ccc(NC(=O)c2ccc(COc3ccccc3OC)o2)c([N+](=O)[O-])c1. The van der Waals surface area contributed by atoms with Gasteiger partial charge in [-0.25, -0.2) is 0 Å². The van der Waals surface area contributed by atoms with Crippen molar-refractivity contribution >= 4 is 17.3 Å². The molecular weight excluding hydrogens is 392 g/mol. The monoisotopic (exact) mass is 412 g/mol. The number of benzene rings is 2. The molecule has 0 fully saturated rings. The number of furan rings is 1. The Balaban J connectivity index is 1.69. The molecule has 0 bridgehead atoms. The molecule has 9 heteroatoms. The van der Waals surface area contributed by atoms with Gasteiger partial charge in [0, 0.05) is 0 Å². The van der Waals surface area contributed by atoms with Crippen molar-refractivity contribution < 1.29 is 28.3 Å². The van der Waals surface area contributed by atoms with Crippen molar-refractivity contribution in [3.63, 3.8) is 0 Å². The van der Waals surface area contributed by atoms with Gasteiger partial charge in [0.05, 0.1) is 24.7 Å². The number of ether oxygens (including phenoxy) is 3. The van der Waals surface area contributed by atoms with Crippen molar-refractivity contribution in [2.45, 2.75) is 13.5 Å². The molecule has 9 nitrogen and oxygen atoms in total. The van der Waals surface area contributed by atoms with Gasteiger partial charge in [-0.1, -0.05) is 12.1 Å². The number of hydrogen-bond donors (Lipinski definition) is 1. The number of carbonyl (C=O) groups is 1. The van der Waals surface area contributed by atoms with Crippen LogP contribution >= 0.6 is 0 Å². The van der Waals surface area contributed by atoms with Crippen molar-refractivity contribution in [2.75, 3.05) is 19.0 Å². The third kappa shape index (κ3) is 4.88. The molecule has 2 aromatic carbocycles. The van der Waals surface area contributed by atoms with Gasteiger partial charge < -0.3 is 23.9 Å². The Labute approximate surface area is 172 Å². The maximum atomic E-state index is 12.5. The summed E-state index contributed by atoms with van der Waals surface area (Å²) >= 11 is 0. The summed E-state index contributed by atoms with van der Waals surface area (Å²) in [5.41, 5.74) is -0.239. The van der Waals surface area contributed by atoms with Crippen LogP contribution in [0.3, 0.4) is 0 Å². The highest BCUT2D eigenvalue weighted by molar-refractivity contribution is 6.03. The molecule has 156 valence electrons. The molecule has 0 unspecified atom stereocenters. The fourth-order valence-corrected chi connectivity index (χ4v) is 2.67. The Morgan fingerprint density at radius 3 is 2.57 bits per heavy atom. The van der Waals surface area contributed by atoms with Crippen molar-refractivity contribution in [3.8, 4) is 17.2 Å². The Hall–Kier alpha value is -4.01. The minimum absolute atomic E-state index is 0.00295. The standard InChI is InChI=1S/C21H20N2O7/c1-3-28-14-8-10-16(17(12-14)23(25)26)22-21(24)20-11-9-15(30-20)13-29-19-7-5-4-6-18(19)27-2/h4-12H,3,13H2,1-2H3,(H,22,24). The van der Waals surface area contributed by atoms with Gasteiger partial charge in [0.15, 0.2) is 17.3 Å². The van der Waals surface area contributed by atoms with E-state index < -0.39 is 10.8 Å². The van der Waals surface area contributed by atoms with E-state index in [2.05, 4.69) is 5.32 Å². The lowest BCUT2D eigenvalue weighted by atomic mass is 10.2. The fraction of sp³-hybridized carbons (Fsp3) is 0.190. The largest absolute Gasteiger partial charge is 0.494 e. The number of amides is 1. The second-order valence-corrected chi connectivity index (χ2v) is 6.03. The molecule has 1 amide bonds. The molecule has 0 aliphatic heterocycles. The normalized spacial score (nSPS) is 10.3. The summed E-state index contributed by atoms with van der Waals surface area (Å²) < 4.78 is 21.6. The maximum Gasteiger partial charge on any atom is 0.296 e. The van der Waals surface area contributed by atoms with Crippen LogP contribution in [0.4, 0.5) is 11.4 Å². The molecule has 0 aliphatic rings. The predicted molar refractivity (Wildman–Crippen MR) is 108 cm³/mol. The van der Waals surface area contributed by atoms with Crippen molar-refractivity contribution in [2.24, 2.45) is 0 Å². The first-order chi connectivity index (χ1) is 14.5. The Kier molecular flexibility index (Phi) is 6.53. The number of nitrogens with zero attached hydrogens (tertiary/aromatic N) is 1. The molecule has 1 heterocycles. The quantitative estimate of drug-likeness (QED) is 0.409. The van der Waals surface area contributed by atoms with Gasteiger partial charge >= 0.3 is 0 Å². The van der Waals surface area contributed by atoms with Crippen LogP contribution < -0.4 is 19.5 Å². The molecule has 0 atom stereocenters. The highest BCUT2D eigenvalue weighted by Gasteiger charge is 2.20. The van der Waals surface area contributed by atoms with E-state index in [1.165, 1.54) is 25.3 Å². The number of nitrogens with one attached hydrogen (secondary N) is 1. The molecule has 0 spiro atoms. The lowest BCUT2D eigenvalue weighted by Gasteiger charge is -2.09. The number of nitro benzene ring substituents is 1. The fourth-order valence-electron chi connectivity index (χ4n) is 2.67. The number of anilines is 1. The van der Waals surface area contributed by atoms with Gasteiger partial charge in [0.2, 0.25) is 0 Å². The highest BCUT2D eigenvalue weighted by Crippen LogP contribution is 2.30. The van der Waals surface area contributed by atoms with Crippen LogP contribution in [0.2, 0.25) is 0 Å². The zero-order valence-corrected chi connectivity index (χ0v) is 16.4. The van der Waals surface area contributed by atoms with E-state index >= 15 is 0 Å². The van der Waals surface area contributed by atoms with Crippen LogP contribution in [0.1, 0.15) is 23.2 Å². The molecule has 0 aliphatic carbocycles. The average molecular weight is 412 g/mol. The minimum atomic E-state index is -0.620. The number of hydrogen-bond acceptors (Lipinski definition) is 7. The van der Waals surface area contributed by atoms with Gasteiger partial charge in [0.1, 0.15) is 23.8 Å². The summed E-state index contributed by atoms with van der Waals surface area (Å²) in [5.74, 6) is 1.24. The summed E-state index contributed by atoms with van der Waals surface area (Å²) in [6.45, 7) is 2.22. The van der Waals surface area contributed by atoms with E-state index in [4.69, 9.17) is 18.6 Å². The van der Waals surface area contributed by atoms with Gasteiger partial charge in [0.25, 0.3) is 11.6 Å². The zero-order valence-electron chi connectivity index (χ0n) is 16.4. The number of carbonyl (C=O) groups excluding carboxylic acids is 1. The molecule has 0 saturated heterocycles. The molecule has 0 saturated carbocycles. The summed E-state index contributed by atoms with van der Waals surface area (Å²) in [7, 11) is 1.54. The topological polar surface area (TPSA) is 113 Å². The van der Waals surface area contributed by atoms with Crippen LogP contribution in [0, 0.1) is 10.1 Å². The van der Waals surface area contributed by atoms with Crippen molar-refractivity contribution in [1.82, 2.24) is 0 Å². The molecule has 3 rings (SSSR count). The lowest BCUT2D eigenvalue weighted by molar-refractivity contribution is -0.384. The van der Waals surface area contributed by atoms with Gasteiger partial charge in [-0.05, 0) is 43.3 Å². The molecule has 3 aromatic rings.